The van der Waals surface area contributed by atoms with E-state index in [0.29, 0.717) is 12.6 Å². The Bertz CT molecular complexity index is 629. The van der Waals surface area contributed by atoms with Crippen LogP contribution < -0.4 is 10.6 Å². The van der Waals surface area contributed by atoms with Crippen LogP contribution in [0.4, 0.5) is 10.5 Å². The quantitative estimate of drug-likeness (QED) is 0.895. The number of carbonyl (C=O) groups is 2. The average molecular weight is 329 g/mol. The van der Waals surface area contributed by atoms with Crippen molar-refractivity contribution in [2.75, 3.05) is 18.4 Å². The van der Waals surface area contributed by atoms with Crippen LogP contribution in [-0.2, 0) is 4.79 Å². The normalized spacial score (nSPS) is 20.6. The predicted octanol–water partition coefficient (Wildman–Crippen LogP) is 3.13. The Morgan fingerprint density at radius 3 is 2.38 bits per heavy atom. The fourth-order valence-electron chi connectivity index (χ4n) is 3.47. The van der Waals surface area contributed by atoms with Gasteiger partial charge in [-0.1, -0.05) is 17.7 Å². The van der Waals surface area contributed by atoms with E-state index in [2.05, 4.69) is 29.7 Å². The monoisotopic (exact) mass is 329 g/mol. The number of nitrogens with one attached hydrogen (secondary N) is 2. The molecule has 2 aliphatic rings. The lowest BCUT2D eigenvalue weighted by Crippen LogP contribution is -2.48. The summed E-state index contributed by atoms with van der Waals surface area (Å²) < 4.78 is 0. The van der Waals surface area contributed by atoms with E-state index < -0.39 is 0 Å². The van der Waals surface area contributed by atoms with Crippen LogP contribution in [0, 0.1) is 26.7 Å². The molecule has 1 saturated heterocycles. The van der Waals surface area contributed by atoms with Crippen LogP contribution in [0.2, 0.25) is 0 Å². The number of urea groups is 1. The summed E-state index contributed by atoms with van der Waals surface area (Å²) in [5.74, 6) is -0.113. The third-order valence-electron chi connectivity index (χ3n) is 4.91. The van der Waals surface area contributed by atoms with E-state index in [1.807, 2.05) is 13.8 Å². The third-order valence-corrected chi connectivity index (χ3v) is 4.91. The second-order valence-electron chi connectivity index (χ2n) is 7.27. The average Bonchev–Trinajstić information content (AvgIpc) is 3.34. The van der Waals surface area contributed by atoms with Gasteiger partial charge in [-0.05, 0) is 57.6 Å². The lowest BCUT2D eigenvalue weighted by Gasteiger charge is -2.32. The zero-order valence-corrected chi connectivity index (χ0v) is 14.8. The summed E-state index contributed by atoms with van der Waals surface area (Å²) >= 11 is 0. The lowest BCUT2D eigenvalue weighted by molar-refractivity contribution is -0.121. The number of nitrogens with zero attached hydrogens (tertiary/aromatic N) is 1. The minimum atomic E-state index is -0.135. The van der Waals surface area contributed by atoms with Crippen molar-refractivity contribution in [2.24, 2.45) is 5.92 Å². The number of aryl methyl sites for hydroxylation is 3. The van der Waals surface area contributed by atoms with Gasteiger partial charge >= 0.3 is 6.03 Å². The van der Waals surface area contributed by atoms with Crippen LogP contribution in [-0.4, -0.2) is 36.0 Å². The van der Waals surface area contributed by atoms with E-state index in [9.17, 15) is 9.59 Å². The van der Waals surface area contributed by atoms with Gasteiger partial charge in [0.05, 0.1) is 5.92 Å². The second-order valence-corrected chi connectivity index (χ2v) is 7.27. The highest BCUT2D eigenvalue weighted by Gasteiger charge is 2.31. The number of amides is 3. The maximum absolute atomic E-state index is 12.7. The number of anilines is 1. The van der Waals surface area contributed by atoms with Crippen LogP contribution >= 0.6 is 0 Å². The highest BCUT2D eigenvalue weighted by Crippen LogP contribution is 2.25. The first-order valence-corrected chi connectivity index (χ1v) is 8.88. The summed E-state index contributed by atoms with van der Waals surface area (Å²) in [5, 5.41) is 6.10. The van der Waals surface area contributed by atoms with E-state index in [1.54, 1.807) is 4.90 Å². The molecular weight excluding hydrogens is 302 g/mol. The zero-order chi connectivity index (χ0) is 17.3. The Morgan fingerprint density at radius 2 is 1.75 bits per heavy atom. The molecule has 24 heavy (non-hydrogen) atoms. The van der Waals surface area contributed by atoms with E-state index in [-0.39, 0.29) is 17.9 Å². The summed E-state index contributed by atoms with van der Waals surface area (Å²) in [4.78, 5) is 26.7. The maximum atomic E-state index is 12.7. The van der Waals surface area contributed by atoms with E-state index in [4.69, 9.17) is 0 Å². The molecule has 130 valence electrons. The van der Waals surface area contributed by atoms with Crippen molar-refractivity contribution < 1.29 is 9.59 Å². The fraction of sp³-hybridized carbons (Fsp3) is 0.579. The molecule has 0 spiro atoms. The lowest BCUT2D eigenvalue weighted by atomic mass is 9.96. The van der Waals surface area contributed by atoms with Crippen molar-refractivity contribution in [3.63, 3.8) is 0 Å². The molecule has 0 aromatic heterocycles. The van der Waals surface area contributed by atoms with E-state index in [0.717, 1.165) is 49.0 Å². The molecular formula is C19H27N3O2. The minimum absolute atomic E-state index is 0.0160. The number of benzene rings is 1. The molecule has 1 aliphatic carbocycles. The van der Waals surface area contributed by atoms with E-state index in [1.165, 1.54) is 5.56 Å². The molecule has 1 aliphatic heterocycles. The SMILES string of the molecule is Cc1cc(C)c(NC(=O)C2CCCN(C(=O)NC3CC3)C2)c(C)c1. The number of hydrogen-bond acceptors (Lipinski definition) is 2. The molecule has 2 N–H and O–H groups in total. The van der Waals surface area contributed by atoms with Crippen LogP contribution in [0.25, 0.3) is 0 Å². The van der Waals surface area contributed by atoms with Crippen molar-refractivity contribution in [1.29, 1.82) is 0 Å². The summed E-state index contributed by atoms with van der Waals surface area (Å²) in [6, 6.07) is 4.50. The van der Waals surface area contributed by atoms with Crippen LogP contribution in [0.1, 0.15) is 42.4 Å². The highest BCUT2D eigenvalue weighted by atomic mass is 16.2. The minimum Gasteiger partial charge on any atom is -0.335 e. The Hall–Kier alpha value is -2.04. The number of hydrogen-bond donors (Lipinski definition) is 2. The van der Waals surface area contributed by atoms with Gasteiger partial charge in [-0.15, -0.1) is 0 Å². The fourth-order valence-corrected chi connectivity index (χ4v) is 3.47. The van der Waals surface area contributed by atoms with Gasteiger partial charge in [0.25, 0.3) is 0 Å². The zero-order valence-electron chi connectivity index (χ0n) is 14.8. The Kier molecular flexibility index (Phi) is 4.78. The first-order valence-electron chi connectivity index (χ1n) is 8.88. The Balaban J connectivity index is 1.63. The first kappa shape index (κ1) is 16.8. The molecule has 3 rings (SSSR count). The van der Waals surface area contributed by atoms with Gasteiger partial charge in [0, 0.05) is 24.8 Å². The Labute approximate surface area is 143 Å². The van der Waals surface area contributed by atoms with Crippen molar-refractivity contribution >= 4 is 17.6 Å². The van der Waals surface area contributed by atoms with Crippen LogP contribution in [0.3, 0.4) is 0 Å². The predicted molar refractivity (Wildman–Crippen MR) is 95.1 cm³/mol. The van der Waals surface area contributed by atoms with Crippen molar-refractivity contribution in [2.45, 2.75) is 52.5 Å². The Morgan fingerprint density at radius 1 is 1.08 bits per heavy atom. The van der Waals surface area contributed by atoms with Crippen LogP contribution in [0.5, 0.6) is 0 Å². The molecule has 1 aromatic carbocycles. The molecule has 1 heterocycles. The van der Waals surface area contributed by atoms with Crippen LogP contribution in [0.15, 0.2) is 12.1 Å². The molecule has 2 fully saturated rings. The summed E-state index contributed by atoms with van der Waals surface area (Å²) in [6.07, 6.45) is 3.87. The van der Waals surface area contributed by atoms with Crippen molar-refractivity contribution in [3.8, 4) is 0 Å². The number of rotatable bonds is 3. The van der Waals surface area contributed by atoms with Gasteiger partial charge in [0.15, 0.2) is 0 Å². The number of piperidine rings is 1. The first-order chi connectivity index (χ1) is 11.4. The van der Waals surface area contributed by atoms with Gasteiger partial charge in [-0.25, -0.2) is 4.79 Å². The molecule has 0 bridgehead atoms. The second kappa shape index (κ2) is 6.83. The summed E-state index contributed by atoms with van der Waals surface area (Å²) in [5.41, 5.74) is 4.27. The number of likely N-dealkylation sites (tertiary alicyclic amines) is 1. The molecule has 3 amide bonds. The largest absolute Gasteiger partial charge is 0.335 e. The smallest absolute Gasteiger partial charge is 0.317 e. The van der Waals surface area contributed by atoms with Gasteiger partial charge < -0.3 is 15.5 Å². The van der Waals surface area contributed by atoms with Crippen molar-refractivity contribution in [1.82, 2.24) is 10.2 Å². The standard InChI is InChI=1S/C19H27N3O2/c1-12-9-13(2)17(14(3)10-12)21-18(23)15-5-4-8-22(11-15)19(24)20-16-6-7-16/h9-10,15-16H,4-8,11H2,1-3H3,(H,20,24)(H,21,23). The molecule has 1 aromatic rings. The van der Waals surface area contributed by atoms with Crippen molar-refractivity contribution in [3.05, 3.63) is 28.8 Å². The number of carbonyl (C=O) groups excluding carboxylic acids is 2. The molecule has 5 nitrogen and oxygen atoms in total. The van der Waals surface area contributed by atoms with Gasteiger partial charge in [0.1, 0.15) is 0 Å². The molecule has 1 saturated carbocycles. The summed E-state index contributed by atoms with van der Waals surface area (Å²) in [6.45, 7) is 7.35. The van der Waals surface area contributed by atoms with Gasteiger partial charge in [-0.2, -0.15) is 0 Å². The third kappa shape index (κ3) is 3.89. The molecule has 0 radical (unpaired) electrons. The van der Waals surface area contributed by atoms with Gasteiger partial charge in [0.2, 0.25) is 5.91 Å². The van der Waals surface area contributed by atoms with E-state index >= 15 is 0 Å². The topological polar surface area (TPSA) is 61.4 Å². The molecule has 5 heteroatoms. The maximum Gasteiger partial charge on any atom is 0.317 e. The van der Waals surface area contributed by atoms with Gasteiger partial charge in [-0.3, -0.25) is 4.79 Å². The molecule has 1 unspecified atom stereocenters. The molecule has 1 atom stereocenters. The highest BCUT2D eigenvalue weighted by molar-refractivity contribution is 5.94. The summed E-state index contributed by atoms with van der Waals surface area (Å²) in [7, 11) is 0.